The van der Waals surface area contributed by atoms with Gasteiger partial charge in [-0.3, -0.25) is 4.79 Å². The highest BCUT2D eigenvalue weighted by atomic mass is 16.3. The van der Waals surface area contributed by atoms with Gasteiger partial charge < -0.3 is 15.3 Å². The number of carbonyl (C=O) groups excluding carboxylic acids is 1. The van der Waals surface area contributed by atoms with Gasteiger partial charge in [0.25, 0.3) is 0 Å². The molecular formula is C31H50O4. The summed E-state index contributed by atoms with van der Waals surface area (Å²) in [5.41, 5.74) is 2.77. The second kappa shape index (κ2) is 12.2. The fourth-order valence-corrected chi connectivity index (χ4v) is 6.57. The van der Waals surface area contributed by atoms with Crippen LogP contribution in [0.2, 0.25) is 0 Å². The molecule has 0 bridgehead atoms. The molecule has 4 nitrogen and oxygen atoms in total. The second-order valence-electron chi connectivity index (χ2n) is 12.1. The average Bonchev–Trinajstić information content (AvgIpc) is 2.80. The first kappa shape index (κ1) is 29.7. The minimum absolute atomic E-state index is 0.0569. The molecule has 198 valence electrons. The highest BCUT2D eigenvalue weighted by Crippen LogP contribution is 2.55. The summed E-state index contributed by atoms with van der Waals surface area (Å²) in [6, 6.07) is 0. The fourth-order valence-electron chi connectivity index (χ4n) is 6.57. The van der Waals surface area contributed by atoms with E-state index in [2.05, 4.69) is 58.9 Å². The van der Waals surface area contributed by atoms with Crippen LogP contribution >= 0.6 is 0 Å². The molecule has 5 atom stereocenters. The molecule has 0 saturated heterocycles. The van der Waals surface area contributed by atoms with Gasteiger partial charge in [-0.2, -0.15) is 0 Å². The largest absolute Gasteiger partial charge is 0.396 e. The number of carbonyl (C=O) groups is 1. The van der Waals surface area contributed by atoms with Crippen molar-refractivity contribution in [2.45, 2.75) is 99.0 Å². The van der Waals surface area contributed by atoms with Gasteiger partial charge in [-0.25, -0.2) is 0 Å². The van der Waals surface area contributed by atoms with E-state index in [1.165, 1.54) is 11.1 Å². The van der Waals surface area contributed by atoms with Crippen LogP contribution < -0.4 is 0 Å². The molecule has 0 amide bonds. The number of allylic oxidation sites excluding steroid dienone is 8. The van der Waals surface area contributed by atoms with Crippen LogP contribution in [0.3, 0.4) is 0 Å². The fraction of sp³-hybridized carbons (Fsp3) is 0.710. The molecule has 3 N–H and O–H groups in total. The Bertz CT molecular complexity index is 857. The third kappa shape index (κ3) is 6.26. The van der Waals surface area contributed by atoms with Gasteiger partial charge in [0.2, 0.25) is 0 Å². The number of aldehydes is 1. The summed E-state index contributed by atoms with van der Waals surface area (Å²) in [5.74, 6) is 0.922. The molecule has 4 heteroatoms. The SMILES string of the molecule is CC(C=C[C@@H]1C(C)=CC[C@H](C)C1(C)C)=CCC[C@@]1(CO)[C@H](CCCO)C(=C(C)C=O)CC[C@]1(C)O. The van der Waals surface area contributed by atoms with Crippen molar-refractivity contribution in [3.63, 3.8) is 0 Å². The van der Waals surface area contributed by atoms with Crippen molar-refractivity contribution in [3.05, 3.63) is 46.6 Å². The van der Waals surface area contributed by atoms with Crippen LogP contribution in [0.1, 0.15) is 93.4 Å². The van der Waals surface area contributed by atoms with E-state index in [1.54, 1.807) is 0 Å². The van der Waals surface area contributed by atoms with Crippen molar-refractivity contribution in [1.82, 2.24) is 0 Å². The zero-order valence-corrected chi connectivity index (χ0v) is 23.2. The number of aliphatic hydroxyl groups excluding tert-OH is 2. The highest BCUT2D eigenvalue weighted by Gasteiger charge is 2.55. The minimum atomic E-state index is -1.05. The topological polar surface area (TPSA) is 77.8 Å². The lowest BCUT2D eigenvalue weighted by molar-refractivity contribution is -0.146. The van der Waals surface area contributed by atoms with Crippen LogP contribution in [0.4, 0.5) is 0 Å². The first-order chi connectivity index (χ1) is 16.4. The summed E-state index contributed by atoms with van der Waals surface area (Å²) < 4.78 is 0. The van der Waals surface area contributed by atoms with Crippen molar-refractivity contribution in [2.75, 3.05) is 13.2 Å². The maximum Gasteiger partial charge on any atom is 0.145 e. The monoisotopic (exact) mass is 486 g/mol. The van der Waals surface area contributed by atoms with E-state index in [1.807, 2.05) is 13.8 Å². The number of hydrogen-bond acceptors (Lipinski definition) is 4. The first-order valence-corrected chi connectivity index (χ1v) is 13.5. The first-order valence-electron chi connectivity index (χ1n) is 13.5. The van der Waals surface area contributed by atoms with E-state index in [0.717, 1.165) is 24.7 Å². The van der Waals surface area contributed by atoms with Crippen molar-refractivity contribution in [2.24, 2.45) is 28.6 Å². The Morgan fingerprint density at radius 3 is 2.49 bits per heavy atom. The maximum absolute atomic E-state index is 11.6. The Labute approximate surface area is 213 Å². The molecule has 2 aliphatic carbocycles. The summed E-state index contributed by atoms with van der Waals surface area (Å²) in [4.78, 5) is 11.6. The van der Waals surface area contributed by atoms with E-state index >= 15 is 0 Å². The lowest BCUT2D eigenvalue weighted by atomic mass is 9.53. The van der Waals surface area contributed by atoms with Crippen LogP contribution in [0.5, 0.6) is 0 Å². The van der Waals surface area contributed by atoms with Crippen LogP contribution in [0, 0.1) is 28.6 Å². The van der Waals surface area contributed by atoms with Crippen LogP contribution in [0.25, 0.3) is 0 Å². The maximum atomic E-state index is 11.6. The molecule has 1 fully saturated rings. The molecule has 2 aliphatic rings. The number of rotatable bonds is 10. The molecule has 0 radical (unpaired) electrons. The lowest BCUT2D eigenvalue weighted by Crippen LogP contribution is -2.56. The predicted octanol–water partition coefficient (Wildman–Crippen LogP) is 6.33. The Balaban J connectivity index is 2.28. The van der Waals surface area contributed by atoms with Gasteiger partial charge >= 0.3 is 0 Å². The van der Waals surface area contributed by atoms with Gasteiger partial charge in [0, 0.05) is 17.9 Å². The third-order valence-electron chi connectivity index (χ3n) is 9.62. The van der Waals surface area contributed by atoms with Crippen molar-refractivity contribution in [1.29, 1.82) is 0 Å². The molecule has 0 aromatic carbocycles. The molecular weight excluding hydrogens is 436 g/mol. The lowest BCUT2D eigenvalue weighted by Gasteiger charge is -2.54. The normalized spacial score (nSPS) is 35.2. The molecule has 35 heavy (non-hydrogen) atoms. The van der Waals surface area contributed by atoms with E-state index in [9.17, 15) is 20.1 Å². The minimum Gasteiger partial charge on any atom is -0.396 e. The molecule has 1 saturated carbocycles. The Kier molecular flexibility index (Phi) is 10.3. The Hall–Kier alpha value is -1.49. The van der Waals surface area contributed by atoms with E-state index in [4.69, 9.17) is 0 Å². The van der Waals surface area contributed by atoms with Gasteiger partial charge in [0.1, 0.15) is 6.29 Å². The van der Waals surface area contributed by atoms with Gasteiger partial charge in [-0.15, -0.1) is 0 Å². The summed E-state index contributed by atoms with van der Waals surface area (Å²) in [6.07, 6.45) is 14.9. The predicted molar refractivity (Wildman–Crippen MR) is 145 cm³/mol. The smallest absolute Gasteiger partial charge is 0.145 e. The molecule has 0 spiro atoms. The zero-order valence-electron chi connectivity index (χ0n) is 23.2. The molecule has 0 aromatic rings. The summed E-state index contributed by atoms with van der Waals surface area (Å²) >= 11 is 0. The van der Waals surface area contributed by atoms with Gasteiger partial charge in [0.05, 0.1) is 12.2 Å². The average molecular weight is 487 g/mol. The standard InChI is InChI=1S/C31H50O4/c1-22(12-15-27-23(2)13-14-25(4)29(27,5)6)10-8-17-31(21-34)28(11-9-19-32)26(24(3)20-33)16-18-30(31,7)35/h10,12-13,15,20,25,27-28,32,34-35H,8-9,11,14,16-19,21H2,1-7H3/t25-,27+,28+,30-,31+/m0/s1. The summed E-state index contributed by atoms with van der Waals surface area (Å²) in [7, 11) is 0. The van der Waals surface area contributed by atoms with Crippen molar-refractivity contribution < 1.29 is 20.1 Å². The molecule has 0 heterocycles. The number of aliphatic hydroxyl groups is 3. The molecule has 2 rings (SSSR count). The zero-order chi connectivity index (χ0) is 26.4. The van der Waals surface area contributed by atoms with E-state index in [0.29, 0.717) is 49.5 Å². The highest BCUT2D eigenvalue weighted by molar-refractivity contribution is 5.74. The number of hydrogen-bond donors (Lipinski definition) is 3. The molecule has 0 aliphatic heterocycles. The molecule has 0 aromatic heterocycles. The quantitative estimate of drug-likeness (QED) is 0.146. The van der Waals surface area contributed by atoms with Crippen LogP contribution in [0.15, 0.2) is 46.6 Å². The Morgan fingerprint density at radius 2 is 1.89 bits per heavy atom. The third-order valence-corrected chi connectivity index (χ3v) is 9.62. The van der Waals surface area contributed by atoms with Crippen LogP contribution in [-0.4, -0.2) is 40.4 Å². The van der Waals surface area contributed by atoms with Gasteiger partial charge in [-0.1, -0.05) is 61.8 Å². The van der Waals surface area contributed by atoms with E-state index in [-0.39, 0.29) is 24.5 Å². The summed E-state index contributed by atoms with van der Waals surface area (Å²) in [6.45, 7) is 15.0. The summed E-state index contributed by atoms with van der Waals surface area (Å²) in [5, 5.41) is 31.7. The van der Waals surface area contributed by atoms with Gasteiger partial charge in [0.15, 0.2) is 0 Å². The van der Waals surface area contributed by atoms with E-state index < -0.39 is 11.0 Å². The van der Waals surface area contributed by atoms with Crippen LogP contribution in [-0.2, 0) is 4.79 Å². The van der Waals surface area contributed by atoms with Crippen molar-refractivity contribution >= 4 is 6.29 Å². The van der Waals surface area contributed by atoms with Gasteiger partial charge in [-0.05, 0) is 95.5 Å². The van der Waals surface area contributed by atoms with Crippen molar-refractivity contribution in [3.8, 4) is 0 Å². The Morgan fingerprint density at radius 1 is 1.20 bits per heavy atom. The molecule has 0 unspecified atom stereocenters. The second-order valence-corrected chi connectivity index (χ2v) is 12.1.